The van der Waals surface area contributed by atoms with Gasteiger partial charge in [0.05, 0.1) is 0 Å². The lowest BCUT2D eigenvalue weighted by Gasteiger charge is -2.18. The molecule has 0 heterocycles. The molecule has 6 heteroatoms. The van der Waals surface area contributed by atoms with E-state index in [-0.39, 0.29) is 31.1 Å². The third-order valence-electron chi connectivity index (χ3n) is 11.2. The van der Waals surface area contributed by atoms with Crippen LogP contribution in [-0.4, -0.2) is 37.2 Å². The average Bonchev–Trinajstić information content (AvgIpc) is 3.28. The van der Waals surface area contributed by atoms with Crippen LogP contribution in [0.15, 0.2) is 72.9 Å². The topological polar surface area (TPSA) is 78.9 Å². The van der Waals surface area contributed by atoms with Gasteiger partial charge in [-0.05, 0) is 83.5 Å². The fourth-order valence-corrected chi connectivity index (χ4v) is 7.29. The van der Waals surface area contributed by atoms with E-state index in [2.05, 4.69) is 93.7 Å². The number of ether oxygens (including phenoxy) is 3. The van der Waals surface area contributed by atoms with Gasteiger partial charge in [-0.2, -0.15) is 0 Å². The van der Waals surface area contributed by atoms with Crippen molar-refractivity contribution in [3.63, 3.8) is 0 Å². The Morgan fingerprint density at radius 2 is 0.619 bits per heavy atom. The number of carbonyl (C=O) groups is 3. The van der Waals surface area contributed by atoms with Gasteiger partial charge in [0.15, 0.2) is 6.10 Å². The first-order chi connectivity index (χ1) is 31.0. The first-order valence-electron chi connectivity index (χ1n) is 26.4. The van der Waals surface area contributed by atoms with Gasteiger partial charge in [0.25, 0.3) is 0 Å². The number of hydrogen-bond donors (Lipinski definition) is 0. The van der Waals surface area contributed by atoms with E-state index in [1.807, 2.05) is 0 Å². The fraction of sp³-hybridized carbons (Fsp3) is 0.737. The summed E-state index contributed by atoms with van der Waals surface area (Å²) in [7, 11) is 0. The molecule has 0 saturated heterocycles. The molecule has 362 valence electrons. The highest BCUT2D eigenvalue weighted by Gasteiger charge is 2.19. The van der Waals surface area contributed by atoms with Crippen molar-refractivity contribution in [2.24, 2.45) is 0 Å². The van der Waals surface area contributed by atoms with Crippen LogP contribution in [-0.2, 0) is 28.6 Å². The van der Waals surface area contributed by atoms with Gasteiger partial charge < -0.3 is 14.2 Å². The second kappa shape index (κ2) is 51.5. The summed E-state index contributed by atoms with van der Waals surface area (Å²) in [6.07, 6.45) is 64.5. The van der Waals surface area contributed by atoms with E-state index < -0.39 is 6.10 Å². The monoisotopic (exact) mass is 879 g/mol. The Bertz CT molecular complexity index is 1190. The smallest absolute Gasteiger partial charge is 0.306 e. The molecular formula is C57H98O6. The normalized spacial score (nSPS) is 12.6. The Kier molecular flexibility index (Phi) is 48.9. The second-order valence-corrected chi connectivity index (χ2v) is 17.4. The number of unbranched alkanes of at least 4 members (excludes halogenated alkanes) is 24. The number of carbonyl (C=O) groups excluding carboxylic acids is 3. The lowest BCUT2D eigenvalue weighted by Crippen LogP contribution is -2.30. The van der Waals surface area contributed by atoms with Crippen molar-refractivity contribution in [1.29, 1.82) is 0 Å². The van der Waals surface area contributed by atoms with E-state index in [4.69, 9.17) is 14.2 Å². The molecule has 0 saturated carbocycles. The Morgan fingerprint density at radius 3 is 0.968 bits per heavy atom. The van der Waals surface area contributed by atoms with E-state index in [1.54, 1.807) is 0 Å². The summed E-state index contributed by atoms with van der Waals surface area (Å²) in [6, 6.07) is 0. The Morgan fingerprint density at radius 1 is 0.333 bits per heavy atom. The van der Waals surface area contributed by atoms with E-state index in [9.17, 15) is 14.4 Å². The van der Waals surface area contributed by atoms with Crippen molar-refractivity contribution in [3.05, 3.63) is 72.9 Å². The van der Waals surface area contributed by atoms with E-state index in [0.717, 1.165) is 135 Å². The quantitative estimate of drug-likeness (QED) is 0.0262. The molecule has 1 atom stereocenters. The van der Waals surface area contributed by atoms with Crippen LogP contribution in [0.2, 0.25) is 0 Å². The first kappa shape index (κ1) is 59.9. The van der Waals surface area contributed by atoms with E-state index >= 15 is 0 Å². The van der Waals surface area contributed by atoms with Crippen LogP contribution in [0.4, 0.5) is 0 Å². The minimum atomic E-state index is -0.790. The SMILES string of the molecule is CC/C=C\C/C=C\C/C=C\CCCCCCCC(=O)OCC(COC(=O)CCCCCCCCCCCCCCCCC)OC(=O)CCCCCCC/C=C\C/C=C\C/C=C\CC. The summed E-state index contributed by atoms with van der Waals surface area (Å²) in [5, 5.41) is 0. The van der Waals surface area contributed by atoms with Gasteiger partial charge in [-0.25, -0.2) is 0 Å². The van der Waals surface area contributed by atoms with Crippen molar-refractivity contribution < 1.29 is 28.6 Å². The van der Waals surface area contributed by atoms with Crippen molar-refractivity contribution in [1.82, 2.24) is 0 Å². The second-order valence-electron chi connectivity index (χ2n) is 17.4. The minimum Gasteiger partial charge on any atom is -0.462 e. The maximum Gasteiger partial charge on any atom is 0.306 e. The summed E-state index contributed by atoms with van der Waals surface area (Å²) < 4.78 is 16.8. The molecule has 1 unspecified atom stereocenters. The molecule has 63 heavy (non-hydrogen) atoms. The zero-order valence-electron chi connectivity index (χ0n) is 41.3. The molecule has 0 aliphatic carbocycles. The standard InChI is InChI=1S/C57H98O6/c1-4-7-10-13-16-19-22-25-28-31-34-37-40-43-46-49-55(58)61-52-54(63-57(60)51-48-45-42-39-36-33-30-27-24-21-18-15-12-9-6-3)53-62-56(59)50-47-44-41-38-35-32-29-26-23-20-17-14-11-8-5-2/h7,9-10,12,16,18-19,21,25,27-28,30,54H,4-6,8,11,13-15,17,20,22-24,26,29,31-53H2,1-3H3/b10-7-,12-9-,19-16-,21-18-,28-25-,30-27-. The Balaban J connectivity index is 4.42. The summed E-state index contributed by atoms with van der Waals surface area (Å²) in [6.45, 7) is 6.40. The zero-order valence-corrected chi connectivity index (χ0v) is 41.3. The maximum absolute atomic E-state index is 12.8. The van der Waals surface area contributed by atoms with Crippen molar-refractivity contribution >= 4 is 17.9 Å². The van der Waals surface area contributed by atoms with Crippen LogP contribution < -0.4 is 0 Å². The molecule has 0 bridgehead atoms. The van der Waals surface area contributed by atoms with Crippen LogP contribution in [0, 0.1) is 0 Å². The molecule has 0 aromatic rings. The van der Waals surface area contributed by atoms with Crippen LogP contribution in [0.25, 0.3) is 0 Å². The average molecular weight is 879 g/mol. The van der Waals surface area contributed by atoms with Gasteiger partial charge in [-0.1, -0.05) is 222 Å². The predicted octanol–water partition coefficient (Wildman–Crippen LogP) is 17.4. The third kappa shape index (κ3) is 49.7. The summed E-state index contributed by atoms with van der Waals surface area (Å²) in [4.78, 5) is 38.0. The number of allylic oxidation sites excluding steroid dienone is 12. The van der Waals surface area contributed by atoms with Crippen molar-refractivity contribution in [3.8, 4) is 0 Å². The molecule has 0 spiro atoms. The first-order valence-corrected chi connectivity index (χ1v) is 26.4. The maximum atomic E-state index is 12.8. The van der Waals surface area contributed by atoms with Gasteiger partial charge in [0.1, 0.15) is 13.2 Å². The molecule has 0 N–H and O–H groups in total. The van der Waals surface area contributed by atoms with Gasteiger partial charge in [0, 0.05) is 19.3 Å². The molecule has 0 fully saturated rings. The summed E-state index contributed by atoms with van der Waals surface area (Å²) >= 11 is 0. The minimum absolute atomic E-state index is 0.0865. The molecule has 0 aliphatic rings. The van der Waals surface area contributed by atoms with Crippen LogP contribution >= 0.6 is 0 Å². The molecule has 0 aromatic carbocycles. The largest absolute Gasteiger partial charge is 0.462 e. The summed E-state index contributed by atoms with van der Waals surface area (Å²) in [5.41, 5.74) is 0. The number of esters is 3. The van der Waals surface area contributed by atoms with Crippen molar-refractivity contribution in [2.45, 2.75) is 258 Å². The molecular weight excluding hydrogens is 781 g/mol. The van der Waals surface area contributed by atoms with Gasteiger partial charge in [-0.15, -0.1) is 0 Å². The third-order valence-corrected chi connectivity index (χ3v) is 11.2. The number of hydrogen-bond acceptors (Lipinski definition) is 6. The van der Waals surface area contributed by atoms with Crippen LogP contribution in [0.3, 0.4) is 0 Å². The molecule has 0 rings (SSSR count). The Hall–Kier alpha value is -3.15. The zero-order chi connectivity index (χ0) is 45.8. The van der Waals surface area contributed by atoms with Crippen LogP contribution in [0.5, 0.6) is 0 Å². The highest BCUT2D eigenvalue weighted by molar-refractivity contribution is 5.71. The van der Waals surface area contributed by atoms with Gasteiger partial charge in [0.2, 0.25) is 0 Å². The Labute approximate surface area is 389 Å². The predicted molar refractivity (Wildman–Crippen MR) is 270 cm³/mol. The van der Waals surface area contributed by atoms with Crippen LogP contribution in [0.1, 0.15) is 252 Å². The lowest BCUT2D eigenvalue weighted by molar-refractivity contribution is -0.167. The number of rotatable bonds is 47. The molecule has 0 aliphatic heterocycles. The fourth-order valence-electron chi connectivity index (χ4n) is 7.29. The summed E-state index contributed by atoms with van der Waals surface area (Å²) in [5.74, 6) is -0.916. The highest BCUT2D eigenvalue weighted by Crippen LogP contribution is 2.15. The van der Waals surface area contributed by atoms with Gasteiger partial charge in [-0.3, -0.25) is 14.4 Å². The van der Waals surface area contributed by atoms with E-state index in [0.29, 0.717) is 19.3 Å². The van der Waals surface area contributed by atoms with Crippen molar-refractivity contribution in [2.75, 3.05) is 13.2 Å². The molecule has 6 nitrogen and oxygen atoms in total. The lowest BCUT2D eigenvalue weighted by atomic mass is 10.0. The molecule has 0 amide bonds. The highest BCUT2D eigenvalue weighted by atomic mass is 16.6. The van der Waals surface area contributed by atoms with Gasteiger partial charge >= 0.3 is 17.9 Å². The molecule has 0 aromatic heterocycles. The van der Waals surface area contributed by atoms with E-state index in [1.165, 1.54) is 77.0 Å². The molecule has 0 radical (unpaired) electrons.